The van der Waals surface area contributed by atoms with Crippen LogP contribution in [0.2, 0.25) is 0 Å². The van der Waals surface area contributed by atoms with Crippen LogP contribution in [0.5, 0.6) is 0 Å². The third-order valence-corrected chi connectivity index (χ3v) is 3.46. The molecule has 1 aromatic heterocycles. The van der Waals surface area contributed by atoms with Gasteiger partial charge in [-0.25, -0.2) is 0 Å². The first-order chi connectivity index (χ1) is 11.0. The molecule has 2 N–H and O–H groups in total. The number of Topliss-reactive ketones (excluding diaryl/α,β-unsaturated/α-hetero) is 1. The summed E-state index contributed by atoms with van der Waals surface area (Å²) in [5.41, 5.74) is 0.245. The zero-order valence-corrected chi connectivity index (χ0v) is 13.2. The maximum Gasteiger partial charge on any atom is 0.270 e. The van der Waals surface area contributed by atoms with E-state index in [0.29, 0.717) is 6.42 Å². The lowest BCUT2D eigenvalue weighted by atomic mass is 10.0. The van der Waals surface area contributed by atoms with E-state index < -0.39 is 18.0 Å². The van der Waals surface area contributed by atoms with E-state index >= 15 is 0 Å². The third-order valence-electron chi connectivity index (χ3n) is 3.46. The molecule has 0 aliphatic carbocycles. The minimum atomic E-state index is -0.724. The van der Waals surface area contributed by atoms with Crippen LogP contribution in [-0.2, 0) is 14.3 Å². The minimum Gasteiger partial charge on any atom is -0.371 e. The molecular formula is C16H21N3O4. The van der Waals surface area contributed by atoms with E-state index in [1.165, 1.54) is 6.20 Å². The summed E-state index contributed by atoms with van der Waals surface area (Å²) in [4.78, 5) is 40.1. The highest BCUT2D eigenvalue weighted by atomic mass is 16.5. The molecular weight excluding hydrogens is 298 g/mol. The monoisotopic (exact) mass is 319 g/mol. The number of ketones is 1. The predicted molar refractivity (Wildman–Crippen MR) is 82.7 cm³/mol. The number of nitrogens with zero attached hydrogens (tertiary/aromatic N) is 1. The number of pyridine rings is 1. The molecule has 0 saturated carbocycles. The molecule has 124 valence electrons. The zero-order chi connectivity index (χ0) is 16.8. The van der Waals surface area contributed by atoms with Crippen molar-refractivity contribution in [2.45, 2.75) is 32.4 Å². The number of hydrogen-bond donors (Lipinski definition) is 2. The van der Waals surface area contributed by atoms with E-state index in [-0.39, 0.29) is 36.5 Å². The molecule has 0 bridgehead atoms. The van der Waals surface area contributed by atoms with Crippen LogP contribution >= 0.6 is 0 Å². The molecule has 23 heavy (non-hydrogen) atoms. The van der Waals surface area contributed by atoms with Gasteiger partial charge in [-0.1, -0.05) is 19.9 Å². The van der Waals surface area contributed by atoms with Crippen LogP contribution in [0.25, 0.3) is 0 Å². The average molecular weight is 319 g/mol. The van der Waals surface area contributed by atoms with Crippen LogP contribution in [-0.4, -0.2) is 47.9 Å². The first-order valence-corrected chi connectivity index (χ1v) is 7.60. The van der Waals surface area contributed by atoms with Crippen LogP contribution in [0.15, 0.2) is 24.4 Å². The van der Waals surface area contributed by atoms with Gasteiger partial charge < -0.3 is 15.4 Å². The highest BCUT2D eigenvalue weighted by Gasteiger charge is 2.30. The van der Waals surface area contributed by atoms with E-state index in [0.717, 1.165) is 0 Å². The van der Waals surface area contributed by atoms with E-state index in [1.807, 2.05) is 13.8 Å². The zero-order valence-electron chi connectivity index (χ0n) is 13.2. The Labute approximate surface area is 134 Å². The molecule has 2 atom stereocenters. The van der Waals surface area contributed by atoms with Crippen LogP contribution < -0.4 is 10.6 Å². The van der Waals surface area contributed by atoms with Crippen molar-refractivity contribution in [2.75, 3.05) is 13.2 Å². The smallest absolute Gasteiger partial charge is 0.270 e. The van der Waals surface area contributed by atoms with Gasteiger partial charge in [0.25, 0.3) is 5.91 Å². The summed E-state index contributed by atoms with van der Waals surface area (Å²) in [6.07, 6.45) is 1.98. The van der Waals surface area contributed by atoms with Crippen molar-refractivity contribution in [1.82, 2.24) is 15.6 Å². The summed E-state index contributed by atoms with van der Waals surface area (Å²) in [5.74, 6) is -0.754. The molecule has 7 heteroatoms. The summed E-state index contributed by atoms with van der Waals surface area (Å²) < 4.78 is 5.02. The van der Waals surface area contributed by atoms with Gasteiger partial charge in [-0.15, -0.1) is 0 Å². The van der Waals surface area contributed by atoms with E-state index in [9.17, 15) is 14.4 Å². The number of amides is 2. The summed E-state index contributed by atoms with van der Waals surface area (Å²) in [7, 11) is 0. The Morgan fingerprint density at radius 1 is 1.39 bits per heavy atom. The highest BCUT2D eigenvalue weighted by Crippen LogP contribution is 2.08. The molecule has 2 heterocycles. The van der Waals surface area contributed by atoms with Crippen molar-refractivity contribution in [3.8, 4) is 0 Å². The van der Waals surface area contributed by atoms with Crippen LogP contribution in [0, 0.1) is 5.92 Å². The summed E-state index contributed by atoms with van der Waals surface area (Å²) in [5, 5.41) is 5.33. The number of nitrogens with one attached hydrogen (secondary N) is 2. The Bertz CT molecular complexity index is 574. The molecule has 1 aliphatic heterocycles. The Balaban J connectivity index is 2.02. The summed E-state index contributed by atoms with van der Waals surface area (Å²) in [6, 6.07) is 3.63. The van der Waals surface area contributed by atoms with Gasteiger partial charge in [0.2, 0.25) is 5.91 Å². The Morgan fingerprint density at radius 3 is 2.74 bits per heavy atom. The van der Waals surface area contributed by atoms with Gasteiger partial charge in [-0.3, -0.25) is 19.4 Å². The van der Waals surface area contributed by atoms with Gasteiger partial charge in [0.15, 0.2) is 5.78 Å². The molecule has 1 fully saturated rings. The molecule has 1 aliphatic rings. The van der Waals surface area contributed by atoms with Crippen LogP contribution in [0.4, 0.5) is 0 Å². The maximum absolute atomic E-state index is 12.4. The molecule has 2 rings (SSSR count). The van der Waals surface area contributed by atoms with E-state index in [4.69, 9.17) is 4.74 Å². The van der Waals surface area contributed by atoms with Crippen molar-refractivity contribution >= 4 is 17.6 Å². The standard InChI is InChI=1S/C16H21N3O4/c1-10(2)7-12(16(22)19-13-8-23-9-14(13)20)18-15(21)11-5-3-4-6-17-11/h3-6,10,12-13H,7-9H2,1-2H3,(H,18,21)(H,19,22)/t12-,13?/m0/s1. The Hall–Kier alpha value is -2.28. The quantitative estimate of drug-likeness (QED) is 0.786. The predicted octanol–water partition coefficient (Wildman–Crippen LogP) is 0.310. The first-order valence-electron chi connectivity index (χ1n) is 7.60. The van der Waals surface area contributed by atoms with E-state index in [1.54, 1.807) is 18.2 Å². The highest BCUT2D eigenvalue weighted by molar-refractivity contribution is 5.97. The largest absolute Gasteiger partial charge is 0.371 e. The third kappa shape index (κ3) is 4.85. The van der Waals surface area contributed by atoms with Crippen molar-refractivity contribution < 1.29 is 19.1 Å². The number of hydrogen-bond acceptors (Lipinski definition) is 5. The molecule has 2 amide bonds. The number of aromatic nitrogens is 1. The fourth-order valence-corrected chi connectivity index (χ4v) is 2.30. The summed E-state index contributed by atoms with van der Waals surface area (Å²) in [6.45, 7) is 4.10. The Kier molecular flexibility index (Phi) is 5.81. The van der Waals surface area contributed by atoms with Gasteiger partial charge in [0.1, 0.15) is 24.4 Å². The average Bonchev–Trinajstić information content (AvgIpc) is 2.92. The number of rotatable bonds is 6. The lowest BCUT2D eigenvalue weighted by Crippen LogP contribution is -2.52. The number of ether oxygens (including phenoxy) is 1. The fourth-order valence-electron chi connectivity index (χ4n) is 2.30. The normalized spacial score (nSPS) is 18.7. The number of carbonyl (C=O) groups is 3. The molecule has 0 radical (unpaired) electrons. The molecule has 0 aromatic carbocycles. The molecule has 1 aromatic rings. The first kappa shape index (κ1) is 17.1. The molecule has 1 saturated heterocycles. The molecule has 7 nitrogen and oxygen atoms in total. The Morgan fingerprint density at radius 2 is 2.17 bits per heavy atom. The van der Waals surface area contributed by atoms with Gasteiger partial charge in [-0.2, -0.15) is 0 Å². The second-order valence-electron chi connectivity index (χ2n) is 5.91. The maximum atomic E-state index is 12.4. The second-order valence-corrected chi connectivity index (χ2v) is 5.91. The van der Waals surface area contributed by atoms with Crippen molar-refractivity contribution in [3.05, 3.63) is 30.1 Å². The van der Waals surface area contributed by atoms with Gasteiger partial charge >= 0.3 is 0 Å². The van der Waals surface area contributed by atoms with Crippen molar-refractivity contribution in [3.63, 3.8) is 0 Å². The lowest BCUT2D eigenvalue weighted by Gasteiger charge is -2.21. The second kappa shape index (κ2) is 7.82. The summed E-state index contributed by atoms with van der Waals surface area (Å²) >= 11 is 0. The number of carbonyl (C=O) groups excluding carboxylic acids is 3. The van der Waals surface area contributed by atoms with Crippen molar-refractivity contribution in [1.29, 1.82) is 0 Å². The molecule has 0 spiro atoms. The van der Waals surface area contributed by atoms with E-state index in [2.05, 4.69) is 15.6 Å². The van der Waals surface area contributed by atoms with Gasteiger partial charge in [0.05, 0.1) is 6.61 Å². The minimum absolute atomic E-state index is 0.0140. The van der Waals surface area contributed by atoms with Gasteiger partial charge in [-0.05, 0) is 24.5 Å². The van der Waals surface area contributed by atoms with Crippen LogP contribution in [0.1, 0.15) is 30.8 Å². The van der Waals surface area contributed by atoms with Crippen LogP contribution in [0.3, 0.4) is 0 Å². The van der Waals surface area contributed by atoms with Gasteiger partial charge in [0, 0.05) is 6.20 Å². The lowest BCUT2D eigenvalue weighted by molar-refractivity contribution is -0.127. The SMILES string of the molecule is CC(C)C[C@H](NC(=O)c1ccccn1)C(=O)NC1COCC1=O. The molecule has 1 unspecified atom stereocenters. The topological polar surface area (TPSA) is 97.4 Å². The fraction of sp³-hybridized carbons (Fsp3) is 0.500. The van der Waals surface area contributed by atoms with Crippen molar-refractivity contribution in [2.24, 2.45) is 5.92 Å².